The van der Waals surface area contributed by atoms with E-state index in [0.717, 1.165) is 30.5 Å². The van der Waals surface area contributed by atoms with Gasteiger partial charge >= 0.3 is 12.1 Å². The largest absolute Gasteiger partial charge is 0.465 e. The molecule has 0 aliphatic carbocycles. The number of ether oxygens (including phenoxy) is 1. The number of fused-ring (bicyclic) bond motifs is 1. The van der Waals surface area contributed by atoms with Gasteiger partial charge in [-0.05, 0) is 53.2 Å². The minimum atomic E-state index is -4.64. The maximum atomic E-state index is 13.6. The summed E-state index contributed by atoms with van der Waals surface area (Å²) in [6.07, 6.45) is -1.25. The Labute approximate surface area is 189 Å². The summed E-state index contributed by atoms with van der Waals surface area (Å²) in [4.78, 5) is 24.0. The van der Waals surface area contributed by atoms with E-state index in [1.807, 2.05) is 6.07 Å². The summed E-state index contributed by atoms with van der Waals surface area (Å²) < 4.78 is 46.7. The Morgan fingerprint density at radius 1 is 1.28 bits per heavy atom. The highest BCUT2D eigenvalue weighted by atomic mass is 32.2. The van der Waals surface area contributed by atoms with Crippen molar-refractivity contribution in [2.45, 2.75) is 12.7 Å². The van der Waals surface area contributed by atoms with E-state index in [2.05, 4.69) is 15.2 Å². The van der Waals surface area contributed by atoms with Gasteiger partial charge in [0.1, 0.15) is 4.99 Å². The summed E-state index contributed by atoms with van der Waals surface area (Å²) >= 11 is 6.11. The number of carbonyl (C=O) groups excluding carboxylic acids is 2. The van der Waals surface area contributed by atoms with Gasteiger partial charge in [-0.15, -0.1) is 0 Å². The van der Waals surface area contributed by atoms with Crippen molar-refractivity contribution in [3.05, 3.63) is 69.8 Å². The maximum Gasteiger partial charge on any atom is 0.416 e. The molecule has 1 aliphatic heterocycles. The number of alkyl halides is 3. The predicted octanol–water partition coefficient (Wildman–Crippen LogP) is 5.01. The van der Waals surface area contributed by atoms with Crippen LogP contribution in [0.25, 0.3) is 17.0 Å². The van der Waals surface area contributed by atoms with Gasteiger partial charge in [0.05, 0.1) is 35.2 Å². The van der Waals surface area contributed by atoms with Gasteiger partial charge in [-0.25, -0.2) is 4.79 Å². The van der Waals surface area contributed by atoms with Crippen molar-refractivity contribution in [1.29, 1.82) is 0 Å². The van der Waals surface area contributed by atoms with E-state index in [1.54, 1.807) is 24.4 Å². The molecule has 32 heavy (non-hydrogen) atoms. The zero-order valence-electron chi connectivity index (χ0n) is 16.4. The van der Waals surface area contributed by atoms with E-state index in [0.29, 0.717) is 20.8 Å². The van der Waals surface area contributed by atoms with Crippen LogP contribution in [0.3, 0.4) is 0 Å². The monoisotopic (exact) mass is 477 g/mol. The average Bonchev–Trinajstić information content (AvgIpc) is 3.27. The molecular formula is C21H14F3N3O3S2. The molecule has 1 N–H and O–H groups in total. The molecule has 164 valence electrons. The number of rotatable bonds is 4. The molecule has 3 aromatic rings. The van der Waals surface area contributed by atoms with Crippen LogP contribution in [0.2, 0.25) is 0 Å². The molecule has 1 amide bonds. The Hall–Kier alpha value is -3.18. The van der Waals surface area contributed by atoms with Gasteiger partial charge in [-0.3, -0.25) is 9.48 Å². The number of benzene rings is 2. The molecule has 2 aromatic carbocycles. The molecular weight excluding hydrogens is 463 g/mol. The van der Waals surface area contributed by atoms with E-state index < -0.39 is 17.7 Å². The SMILES string of the molecule is COC(=O)c1ccc(Cn2cc3cc(/C=C4\SC(=O)NC4=S)ccc3n2)c(C(F)(F)F)c1. The number of amides is 1. The second-order valence-corrected chi connectivity index (χ2v) is 8.28. The van der Waals surface area contributed by atoms with Crippen LogP contribution in [0.5, 0.6) is 0 Å². The van der Waals surface area contributed by atoms with Crippen molar-refractivity contribution < 1.29 is 27.5 Å². The summed E-state index contributed by atoms with van der Waals surface area (Å²) in [5.74, 6) is -0.842. The van der Waals surface area contributed by atoms with Crippen LogP contribution in [0.4, 0.5) is 18.0 Å². The molecule has 4 rings (SSSR count). The summed E-state index contributed by atoms with van der Waals surface area (Å²) in [5.41, 5.74) is 0.244. The number of methoxy groups -OCH3 is 1. The fourth-order valence-electron chi connectivity index (χ4n) is 3.24. The first-order valence-corrected chi connectivity index (χ1v) is 10.4. The predicted molar refractivity (Wildman–Crippen MR) is 118 cm³/mol. The summed E-state index contributed by atoms with van der Waals surface area (Å²) in [6, 6.07) is 8.65. The zero-order chi connectivity index (χ0) is 23.0. The maximum absolute atomic E-state index is 13.6. The van der Waals surface area contributed by atoms with Crippen molar-refractivity contribution in [3.8, 4) is 0 Å². The van der Waals surface area contributed by atoms with Gasteiger partial charge in [0.15, 0.2) is 0 Å². The van der Waals surface area contributed by atoms with Crippen LogP contribution >= 0.6 is 24.0 Å². The number of thioether (sulfide) groups is 1. The molecule has 1 fully saturated rings. The Morgan fingerprint density at radius 3 is 2.72 bits per heavy atom. The number of halogens is 3. The third-order valence-electron chi connectivity index (χ3n) is 4.68. The van der Waals surface area contributed by atoms with Crippen molar-refractivity contribution in [3.63, 3.8) is 0 Å². The lowest BCUT2D eigenvalue weighted by Gasteiger charge is -2.14. The van der Waals surface area contributed by atoms with Crippen LogP contribution in [0.1, 0.15) is 27.0 Å². The quantitative estimate of drug-likeness (QED) is 0.323. The number of carbonyl (C=O) groups is 2. The van der Waals surface area contributed by atoms with Crippen LogP contribution in [-0.2, 0) is 17.5 Å². The van der Waals surface area contributed by atoms with Gasteiger partial charge in [0.2, 0.25) is 0 Å². The molecule has 1 aromatic heterocycles. The number of nitrogens with one attached hydrogen (secondary N) is 1. The molecule has 6 nitrogen and oxygen atoms in total. The fourth-order valence-corrected chi connectivity index (χ4v) is 4.27. The third kappa shape index (κ3) is 4.53. The van der Waals surface area contributed by atoms with Gasteiger partial charge < -0.3 is 10.1 Å². The molecule has 0 atom stereocenters. The molecule has 1 saturated heterocycles. The van der Waals surface area contributed by atoms with Crippen LogP contribution in [0, 0.1) is 0 Å². The van der Waals surface area contributed by atoms with Crippen molar-refractivity contribution in [2.75, 3.05) is 7.11 Å². The summed E-state index contributed by atoms with van der Waals surface area (Å²) in [6.45, 7) is -0.139. The van der Waals surface area contributed by atoms with Crippen molar-refractivity contribution >= 4 is 57.2 Å². The number of esters is 1. The Bertz CT molecular complexity index is 1300. The molecule has 0 spiro atoms. The first-order valence-electron chi connectivity index (χ1n) is 9.14. The molecule has 0 bridgehead atoms. The smallest absolute Gasteiger partial charge is 0.416 e. The van der Waals surface area contributed by atoms with E-state index in [9.17, 15) is 22.8 Å². The number of nitrogens with zero attached hydrogens (tertiary/aromatic N) is 2. The minimum absolute atomic E-state index is 0.0300. The normalized spacial score (nSPS) is 15.4. The Morgan fingerprint density at radius 2 is 2.06 bits per heavy atom. The van der Waals surface area contributed by atoms with Crippen LogP contribution in [0.15, 0.2) is 47.5 Å². The second-order valence-electron chi connectivity index (χ2n) is 6.86. The van der Waals surface area contributed by atoms with E-state index >= 15 is 0 Å². The lowest BCUT2D eigenvalue weighted by atomic mass is 10.0. The average molecular weight is 477 g/mol. The molecule has 0 unspecified atom stereocenters. The zero-order valence-corrected chi connectivity index (χ0v) is 18.0. The Kier molecular flexibility index (Phi) is 5.78. The van der Waals surface area contributed by atoms with Crippen LogP contribution < -0.4 is 5.32 Å². The highest BCUT2D eigenvalue weighted by molar-refractivity contribution is 8.19. The first kappa shape index (κ1) is 22.0. The molecule has 11 heteroatoms. The van der Waals surface area contributed by atoms with Gasteiger partial charge in [0.25, 0.3) is 5.24 Å². The number of hydrogen-bond acceptors (Lipinski definition) is 6. The van der Waals surface area contributed by atoms with Crippen molar-refractivity contribution in [2.24, 2.45) is 0 Å². The lowest BCUT2D eigenvalue weighted by Crippen LogP contribution is -2.15. The minimum Gasteiger partial charge on any atom is -0.465 e. The summed E-state index contributed by atoms with van der Waals surface area (Å²) in [5, 5.41) is 7.36. The standard InChI is InChI=1S/C21H14F3N3O3S2/c1-30-19(28)12-3-4-13(15(8-12)21(22,23)24)9-27-10-14-6-11(2-5-16(14)26-27)7-17-18(31)25-20(29)32-17/h2-8,10H,9H2,1H3,(H,25,29,31)/b17-7-. The van der Waals surface area contributed by atoms with Crippen LogP contribution in [-0.4, -0.2) is 33.1 Å². The third-order valence-corrected chi connectivity index (χ3v) is 5.96. The Balaban J connectivity index is 1.65. The van der Waals surface area contributed by atoms with E-state index in [4.69, 9.17) is 12.2 Å². The molecule has 0 saturated carbocycles. The van der Waals surface area contributed by atoms with Gasteiger partial charge in [-0.1, -0.05) is 24.4 Å². The summed E-state index contributed by atoms with van der Waals surface area (Å²) in [7, 11) is 1.11. The first-order chi connectivity index (χ1) is 15.1. The molecule has 2 heterocycles. The second kappa shape index (κ2) is 8.40. The molecule has 0 radical (unpaired) electrons. The van der Waals surface area contributed by atoms with E-state index in [-0.39, 0.29) is 22.9 Å². The van der Waals surface area contributed by atoms with Gasteiger partial charge in [0, 0.05) is 11.6 Å². The highest BCUT2D eigenvalue weighted by Crippen LogP contribution is 2.33. The van der Waals surface area contributed by atoms with Gasteiger partial charge in [-0.2, -0.15) is 18.3 Å². The number of thiocarbonyl (C=S) groups is 1. The topological polar surface area (TPSA) is 73.2 Å². The molecule has 1 aliphatic rings. The number of aromatic nitrogens is 2. The fraction of sp³-hybridized carbons (Fsp3) is 0.143. The number of hydrogen-bond donors (Lipinski definition) is 1. The lowest BCUT2D eigenvalue weighted by molar-refractivity contribution is -0.138. The van der Waals surface area contributed by atoms with E-state index in [1.165, 1.54) is 16.8 Å². The van der Waals surface area contributed by atoms with Crippen molar-refractivity contribution in [1.82, 2.24) is 15.1 Å². The highest BCUT2D eigenvalue weighted by Gasteiger charge is 2.34.